The molecule has 1 saturated carbocycles. The molecule has 1 aliphatic rings. The summed E-state index contributed by atoms with van der Waals surface area (Å²) < 4.78 is 0. The summed E-state index contributed by atoms with van der Waals surface area (Å²) in [6, 6.07) is 4.24. The van der Waals surface area contributed by atoms with Crippen LogP contribution in [0.25, 0.3) is 0 Å². The SMILES string of the molecule is CC(C)C(=O)NCC(=O)NCC1(c2cccs2)CCCC1. The molecule has 116 valence electrons. The first-order valence-electron chi connectivity index (χ1n) is 7.62. The third-order valence-electron chi connectivity index (χ3n) is 4.18. The van der Waals surface area contributed by atoms with Crippen LogP contribution in [0.3, 0.4) is 0 Å². The van der Waals surface area contributed by atoms with Crippen molar-refractivity contribution in [2.45, 2.75) is 44.9 Å². The van der Waals surface area contributed by atoms with Gasteiger partial charge in [0.1, 0.15) is 0 Å². The van der Waals surface area contributed by atoms with Gasteiger partial charge in [0.05, 0.1) is 6.54 Å². The third kappa shape index (κ3) is 4.06. The van der Waals surface area contributed by atoms with Crippen molar-refractivity contribution < 1.29 is 9.59 Å². The lowest BCUT2D eigenvalue weighted by molar-refractivity contribution is -0.127. The van der Waals surface area contributed by atoms with E-state index in [4.69, 9.17) is 0 Å². The highest BCUT2D eigenvalue weighted by Gasteiger charge is 2.36. The number of hydrogen-bond donors (Lipinski definition) is 2. The summed E-state index contributed by atoms with van der Waals surface area (Å²) in [4.78, 5) is 24.8. The third-order valence-corrected chi connectivity index (χ3v) is 5.29. The zero-order valence-electron chi connectivity index (χ0n) is 12.8. The summed E-state index contributed by atoms with van der Waals surface area (Å²) in [7, 11) is 0. The van der Waals surface area contributed by atoms with Crippen molar-refractivity contribution in [3.05, 3.63) is 22.4 Å². The van der Waals surface area contributed by atoms with Gasteiger partial charge in [0.25, 0.3) is 0 Å². The van der Waals surface area contributed by atoms with Gasteiger partial charge in [-0.25, -0.2) is 0 Å². The van der Waals surface area contributed by atoms with Crippen molar-refractivity contribution in [3.63, 3.8) is 0 Å². The Hall–Kier alpha value is -1.36. The standard InChI is InChI=1S/C16H24N2O2S/c1-12(2)15(20)17-10-14(19)18-11-16(7-3-4-8-16)13-6-5-9-21-13/h5-6,9,12H,3-4,7-8,10-11H2,1-2H3,(H,17,20)(H,18,19). The quantitative estimate of drug-likeness (QED) is 0.848. The molecule has 0 aliphatic heterocycles. The van der Waals surface area contributed by atoms with Crippen molar-refractivity contribution in [2.75, 3.05) is 13.1 Å². The fourth-order valence-corrected chi connectivity index (χ4v) is 3.83. The molecule has 5 heteroatoms. The van der Waals surface area contributed by atoms with Gasteiger partial charge in [0.15, 0.2) is 0 Å². The molecule has 1 fully saturated rings. The van der Waals surface area contributed by atoms with Crippen LogP contribution in [0, 0.1) is 5.92 Å². The summed E-state index contributed by atoms with van der Waals surface area (Å²) >= 11 is 1.77. The Morgan fingerprint density at radius 1 is 1.29 bits per heavy atom. The normalized spacial score (nSPS) is 16.9. The van der Waals surface area contributed by atoms with Gasteiger partial charge in [-0.3, -0.25) is 9.59 Å². The van der Waals surface area contributed by atoms with Gasteiger partial charge in [-0.1, -0.05) is 32.8 Å². The second-order valence-corrected chi connectivity index (χ2v) is 7.06. The summed E-state index contributed by atoms with van der Waals surface area (Å²) in [5, 5.41) is 7.75. The molecule has 1 aromatic rings. The number of amides is 2. The summed E-state index contributed by atoms with van der Waals surface area (Å²) in [6.45, 7) is 4.37. The van der Waals surface area contributed by atoms with E-state index in [1.807, 2.05) is 13.8 Å². The number of thiophene rings is 1. The lowest BCUT2D eigenvalue weighted by Crippen LogP contribution is -2.43. The van der Waals surface area contributed by atoms with Crippen molar-refractivity contribution in [3.8, 4) is 0 Å². The van der Waals surface area contributed by atoms with E-state index < -0.39 is 0 Å². The summed E-state index contributed by atoms with van der Waals surface area (Å²) in [6.07, 6.45) is 4.70. The van der Waals surface area contributed by atoms with Gasteiger partial charge >= 0.3 is 0 Å². The van der Waals surface area contributed by atoms with Crippen LogP contribution in [-0.2, 0) is 15.0 Å². The van der Waals surface area contributed by atoms with Crippen molar-refractivity contribution in [1.29, 1.82) is 0 Å². The number of rotatable bonds is 6. The van der Waals surface area contributed by atoms with Gasteiger partial charge in [-0.05, 0) is 24.3 Å². The topological polar surface area (TPSA) is 58.2 Å². The number of hydrogen-bond acceptors (Lipinski definition) is 3. The Labute approximate surface area is 130 Å². The van der Waals surface area contributed by atoms with Crippen LogP contribution in [-0.4, -0.2) is 24.9 Å². The molecule has 1 heterocycles. The monoisotopic (exact) mass is 308 g/mol. The average Bonchev–Trinajstić information content (AvgIpc) is 3.13. The number of nitrogens with one attached hydrogen (secondary N) is 2. The lowest BCUT2D eigenvalue weighted by Gasteiger charge is -2.28. The molecule has 0 unspecified atom stereocenters. The zero-order valence-corrected chi connectivity index (χ0v) is 13.6. The highest BCUT2D eigenvalue weighted by molar-refractivity contribution is 7.10. The molecule has 0 radical (unpaired) electrons. The van der Waals surface area contributed by atoms with Gasteiger partial charge in [0.2, 0.25) is 11.8 Å². The first-order valence-corrected chi connectivity index (χ1v) is 8.50. The predicted molar refractivity (Wildman–Crippen MR) is 85.3 cm³/mol. The molecule has 2 rings (SSSR count). The molecule has 2 N–H and O–H groups in total. The Kier molecular flexibility index (Phi) is 5.39. The first-order chi connectivity index (χ1) is 10.0. The van der Waals surface area contributed by atoms with E-state index in [0.29, 0.717) is 6.54 Å². The van der Waals surface area contributed by atoms with Crippen molar-refractivity contribution >= 4 is 23.2 Å². The molecule has 2 amide bonds. The van der Waals surface area contributed by atoms with E-state index in [1.165, 1.54) is 17.7 Å². The van der Waals surface area contributed by atoms with E-state index in [-0.39, 0.29) is 29.7 Å². The van der Waals surface area contributed by atoms with E-state index in [2.05, 4.69) is 28.1 Å². The molecule has 1 aromatic heterocycles. The lowest BCUT2D eigenvalue weighted by atomic mass is 9.84. The summed E-state index contributed by atoms with van der Waals surface area (Å²) in [5.41, 5.74) is 0.103. The maximum absolute atomic E-state index is 11.9. The Balaban J connectivity index is 1.86. The Morgan fingerprint density at radius 3 is 2.57 bits per heavy atom. The molecular formula is C16H24N2O2S. The van der Waals surface area contributed by atoms with Crippen LogP contribution in [0.5, 0.6) is 0 Å². The van der Waals surface area contributed by atoms with Crippen molar-refractivity contribution in [2.24, 2.45) is 5.92 Å². The fraction of sp³-hybridized carbons (Fsp3) is 0.625. The second kappa shape index (κ2) is 7.07. The molecule has 1 aliphatic carbocycles. The highest BCUT2D eigenvalue weighted by Crippen LogP contribution is 2.42. The molecule has 4 nitrogen and oxygen atoms in total. The van der Waals surface area contributed by atoms with Gasteiger partial charge in [0, 0.05) is 22.8 Å². The molecule has 21 heavy (non-hydrogen) atoms. The van der Waals surface area contributed by atoms with Crippen LogP contribution in [0.4, 0.5) is 0 Å². The van der Waals surface area contributed by atoms with E-state index >= 15 is 0 Å². The van der Waals surface area contributed by atoms with E-state index in [9.17, 15) is 9.59 Å². The number of carbonyl (C=O) groups excluding carboxylic acids is 2. The zero-order chi connectivity index (χ0) is 15.3. The van der Waals surface area contributed by atoms with Crippen LogP contribution in [0.2, 0.25) is 0 Å². The average molecular weight is 308 g/mol. The first kappa shape index (κ1) is 16.0. The predicted octanol–water partition coefficient (Wildman–Crippen LogP) is 2.45. The molecule has 0 saturated heterocycles. The largest absolute Gasteiger partial charge is 0.354 e. The minimum atomic E-state index is -0.105. The van der Waals surface area contributed by atoms with Crippen LogP contribution >= 0.6 is 11.3 Å². The number of carbonyl (C=O) groups is 2. The summed E-state index contributed by atoms with van der Waals surface area (Å²) in [5.74, 6) is -0.282. The minimum Gasteiger partial charge on any atom is -0.354 e. The second-order valence-electron chi connectivity index (χ2n) is 6.11. The van der Waals surface area contributed by atoms with Crippen LogP contribution < -0.4 is 10.6 Å². The van der Waals surface area contributed by atoms with Crippen LogP contribution in [0.15, 0.2) is 17.5 Å². The Bertz CT molecular complexity index is 476. The maximum atomic E-state index is 11.9. The van der Waals surface area contributed by atoms with Gasteiger partial charge in [-0.2, -0.15) is 0 Å². The molecule has 0 aromatic carbocycles. The molecule has 0 spiro atoms. The molecule has 0 atom stereocenters. The smallest absolute Gasteiger partial charge is 0.239 e. The molecule has 0 bridgehead atoms. The van der Waals surface area contributed by atoms with E-state index in [0.717, 1.165) is 12.8 Å². The highest BCUT2D eigenvalue weighted by atomic mass is 32.1. The minimum absolute atomic E-state index is 0.0670. The maximum Gasteiger partial charge on any atom is 0.239 e. The Morgan fingerprint density at radius 2 is 2.00 bits per heavy atom. The van der Waals surface area contributed by atoms with Gasteiger partial charge < -0.3 is 10.6 Å². The van der Waals surface area contributed by atoms with Crippen molar-refractivity contribution in [1.82, 2.24) is 10.6 Å². The van der Waals surface area contributed by atoms with E-state index in [1.54, 1.807) is 11.3 Å². The van der Waals surface area contributed by atoms with Gasteiger partial charge in [-0.15, -0.1) is 11.3 Å². The van der Waals surface area contributed by atoms with Crippen LogP contribution in [0.1, 0.15) is 44.4 Å². The fourth-order valence-electron chi connectivity index (χ4n) is 2.84. The molecular weight excluding hydrogens is 284 g/mol.